The van der Waals surface area contributed by atoms with Gasteiger partial charge in [-0.2, -0.15) is 5.10 Å². The molecule has 0 saturated carbocycles. The van der Waals surface area contributed by atoms with Crippen LogP contribution in [0.2, 0.25) is 0 Å². The van der Waals surface area contributed by atoms with Crippen LogP contribution < -0.4 is 5.32 Å². The van der Waals surface area contributed by atoms with Crippen molar-refractivity contribution in [2.24, 2.45) is 0 Å². The minimum absolute atomic E-state index is 0.000375. The molecule has 0 fully saturated rings. The van der Waals surface area contributed by atoms with Gasteiger partial charge < -0.3 is 10.1 Å². The van der Waals surface area contributed by atoms with Crippen LogP contribution in [0.4, 0.5) is 5.82 Å². The second-order valence-corrected chi connectivity index (χ2v) is 5.46. The Bertz CT molecular complexity index is 841. The van der Waals surface area contributed by atoms with Gasteiger partial charge in [-0.1, -0.05) is 48.5 Å². The first-order valence-electron chi connectivity index (χ1n) is 7.69. The van der Waals surface area contributed by atoms with Crippen molar-refractivity contribution in [3.63, 3.8) is 0 Å². The van der Waals surface area contributed by atoms with Crippen LogP contribution in [-0.2, 0) is 9.53 Å². The summed E-state index contributed by atoms with van der Waals surface area (Å²) < 4.78 is 6.65. The second-order valence-electron chi connectivity index (χ2n) is 5.46. The summed E-state index contributed by atoms with van der Waals surface area (Å²) in [6.07, 6.45) is 0. The zero-order chi connectivity index (χ0) is 16.9. The number of nitrogens with one attached hydrogen (secondary N) is 1. The summed E-state index contributed by atoms with van der Waals surface area (Å²) in [6, 6.07) is 19.7. The van der Waals surface area contributed by atoms with Crippen molar-refractivity contribution in [3.05, 3.63) is 66.2 Å². The molecule has 2 aromatic carbocycles. The van der Waals surface area contributed by atoms with Crippen LogP contribution in [0.1, 0.15) is 5.56 Å². The van der Waals surface area contributed by atoms with E-state index in [4.69, 9.17) is 4.74 Å². The van der Waals surface area contributed by atoms with Crippen molar-refractivity contribution in [1.29, 1.82) is 0 Å². The molecule has 0 spiro atoms. The molecule has 0 saturated heterocycles. The summed E-state index contributed by atoms with van der Waals surface area (Å²) in [5, 5.41) is 7.55. The molecule has 3 rings (SSSR count). The molecule has 0 aliphatic carbocycles. The molecule has 3 aromatic rings. The first-order valence-corrected chi connectivity index (χ1v) is 7.69. The molecular weight excluding hydrogens is 302 g/mol. The van der Waals surface area contributed by atoms with E-state index in [-0.39, 0.29) is 12.5 Å². The van der Waals surface area contributed by atoms with Crippen LogP contribution in [0.25, 0.3) is 16.9 Å². The Balaban J connectivity index is 2.06. The number of aryl methyl sites for hydroxylation is 1. The lowest BCUT2D eigenvalue weighted by atomic mass is 10.1. The maximum atomic E-state index is 11.9. The van der Waals surface area contributed by atoms with Crippen molar-refractivity contribution in [2.75, 3.05) is 19.0 Å². The van der Waals surface area contributed by atoms with Crippen molar-refractivity contribution >= 4 is 11.7 Å². The van der Waals surface area contributed by atoms with E-state index in [0.29, 0.717) is 5.82 Å². The normalized spacial score (nSPS) is 10.6. The number of carbonyl (C=O) groups excluding carboxylic acids is 1. The minimum Gasteiger partial charge on any atom is -0.375 e. The van der Waals surface area contributed by atoms with Crippen molar-refractivity contribution < 1.29 is 9.53 Å². The Hall–Kier alpha value is -2.92. The van der Waals surface area contributed by atoms with Gasteiger partial charge >= 0.3 is 0 Å². The molecule has 5 heteroatoms. The molecule has 5 nitrogen and oxygen atoms in total. The van der Waals surface area contributed by atoms with Crippen molar-refractivity contribution in [3.8, 4) is 16.9 Å². The summed E-state index contributed by atoms with van der Waals surface area (Å²) in [7, 11) is 1.49. The van der Waals surface area contributed by atoms with Crippen LogP contribution in [0.5, 0.6) is 0 Å². The molecule has 0 aliphatic rings. The molecule has 1 N–H and O–H groups in total. The molecule has 122 valence electrons. The minimum atomic E-state index is -0.216. The lowest BCUT2D eigenvalue weighted by molar-refractivity contribution is -0.119. The molecule has 1 aromatic heterocycles. The fourth-order valence-corrected chi connectivity index (χ4v) is 2.51. The van der Waals surface area contributed by atoms with E-state index in [1.54, 1.807) is 4.68 Å². The van der Waals surface area contributed by atoms with Gasteiger partial charge in [0.1, 0.15) is 12.4 Å². The maximum absolute atomic E-state index is 11.9. The predicted molar refractivity (Wildman–Crippen MR) is 94.2 cm³/mol. The number of carbonyl (C=O) groups is 1. The summed E-state index contributed by atoms with van der Waals surface area (Å²) in [5.74, 6) is 0.400. The first-order chi connectivity index (χ1) is 11.7. The highest BCUT2D eigenvalue weighted by Crippen LogP contribution is 2.26. The SMILES string of the molecule is COCC(=O)Nc1cc(-c2ccccc2)nn1-c1ccccc1C. The number of hydrogen-bond donors (Lipinski definition) is 1. The van der Waals surface area contributed by atoms with Gasteiger partial charge in [0, 0.05) is 18.7 Å². The molecule has 0 atom stereocenters. The third-order valence-corrected chi connectivity index (χ3v) is 3.67. The predicted octanol–water partition coefficient (Wildman–Crippen LogP) is 3.43. The highest BCUT2D eigenvalue weighted by molar-refractivity contribution is 5.91. The van der Waals surface area contributed by atoms with Crippen LogP contribution in [0.15, 0.2) is 60.7 Å². The summed E-state index contributed by atoms with van der Waals surface area (Å²) in [4.78, 5) is 11.9. The highest BCUT2D eigenvalue weighted by atomic mass is 16.5. The fraction of sp³-hybridized carbons (Fsp3) is 0.158. The van der Waals surface area contributed by atoms with E-state index in [2.05, 4.69) is 10.4 Å². The van der Waals surface area contributed by atoms with Gasteiger partial charge in [-0.25, -0.2) is 4.68 Å². The van der Waals surface area contributed by atoms with Gasteiger partial charge in [-0.3, -0.25) is 4.79 Å². The van der Waals surface area contributed by atoms with Gasteiger partial charge in [0.25, 0.3) is 5.91 Å². The quantitative estimate of drug-likeness (QED) is 0.783. The second kappa shape index (κ2) is 7.10. The fourth-order valence-electron chi connectivity index (χ4n) is 2.51. The third kappa shape index (κ3) is 3.36. The number of amides is 1. The van der Waals surface area contributed by atoms with E-state index < -0.39 is 0 Å². The third-order valence-electron chi connectivity index (χ3n) is 3.67. The Morgan fingerprint density at radius 2 is 1.83 bits per heavy atom. The molecule has 24 heavy (non-hydrogen) atoms. The van der Waals surface area contributed by atoms with Crippen LogP contribution in [0, 0.1) is 6.92 Å². The average molecular weight is 321 g/mol. The van der Waals surface area contributed by atoms with E-state index in [9.17, 15) is 4.79 Å². The Morgan fingerprint density at radius 3 is 2.54 bits per heavy atom. The lowest BCUT2D eigenvalue weighted by Gasteiger charge is -2.10. The zero-order valence-corrected chi connectivity index (χ0v) is 13.7. The van der Waals surface area contributed by atoms with Crippen molar-refractivity contribution in [1.82, 2.24) is 9.78 Å². The summed E-state index contributed by atoms with van der Waals surface area (Å²) in [5.41, 5.74) is 3.79. The van der Waals surface area contributed by atoms with Crippen molar-refractivity contribution in [2.45, 2.75) is 6.92 Å². The number of anilines is 1. The monoisotopic (exact) mass is 321 g/mol. The maximum Gasteiger partial charge on any atom is 0.251 e. The Kier molecular flexibility index (Phi) is 4.72. The van der Waals surface area contributed by atoms with Crippen LogP contribution in [0.3, 0.4) is 0 Å². The van der Waals surface area contributed by atoms with E-state index in [1.165, 1.54) is 7.11 Å². The number of ether oxygens (including phenoxy) is 1. The number of rotatable bonds is 5. The van der Waals surface area contributed by atoms with E-state index >= 15 is 0 Å². The number of hydrogen-bond acceptors (Lipinski definition) is 3. The zero-order valence-electron chi connectivity index (χ0n) is 13.7. The number of benzene rings is 2. The molecular formula is C19H19N3O2. The number of para-hydroxylation sites is 1. The van der Waals surface area contributed by atoms with Gasteiger partial charge in [0.2, 0.25) is 0 Å². The van der Waals surface area contributed by atoms with Crippen LogP contribution in [-0.4, -0.2) is 29.4 Å². The topological polar surface area (TPSA) is 56.1 Å². The molecule has 0 aliphatic heterocycles. The van der Waals surface area contributed by atoms with Gasteiger partial charge in [-0.15, -0.1) is 0 Å². The van der Waals surface area contributed by atoms with E-state index in [0.717, 1.165) is 22.5 Å². The Labute approximate surface area is 140 Å². The first kappa shape index (κ1) is 16.0. The summed E-state index contributed by atoms with van der Waals surface area (Å²) in [6.45, 7) is 2.01. The van der Waals surface area contributed by atoms with Gasteiger partial charge in [-0.05, 0) is 18.6 Å². The standard InChI is InChI=1S/C19H19N3O2/c1-14-8-6-7-11-17(14)22-18(20-19(23)13-24-2)12-16(21-22)15-9-4-3-5-10-15/h3-12H,13H2,1-2H3,(H,20,23). The smallest absolute Gasteiger partial charge is 0.251 e. The van der Waals surface area contributed by atoms with Gasteiger partial charge in [0.15, 0.2) is 0 Å². The number of aromatic nitrogens is 2. The van der Waals surface area contributed by atoms with Crippen LogP contribution >= 0.6 is 0 Å². The van der Waals surface area contributed by atoms with E-state index in [1.807, 2.05) is 67.6 Å². The van der Waals surface area contributed by atoms with Gasteiger partial charge in [0.05, 0.1) is 11.4 Å². The molecule has 1 heterocycles. The summed E-state index contributed by atoms with van der Waals surface area (Å²) >= 11 is 0. The molecule has 0 bridgehead atoms. The lowest BCUT2D eigenvalue weighted by Crippen LogP contribution is -2.19. The highest BCUT2D eigenvalue weighted by Gasteiger charge is 2.14. The molecule has 0 unspecified atom stereocenters. The number of methoxy groups -OCH3 is 1. The Morgan fingerprint density at radius 1 is 1.12 bits per heavy atom. The number of nitrogens with zero attached hydrogens (tertiary/aromatic N) is 2. The largest absolute Gasteiger partial charge is 0.375 e. The molecule has 0 radical (unpaired) electrons. The molecule has 1 amide bonds. The average Bonchev–Trinajstić information content (AvgIpc) is 3.00.